The predicted octanol–water partition coefficient (Wildman–Crippen LogP) is 1.99. The van der Waals surface area contributed by atoms with Crippen LogP contribution >= 0.6 is 0 Å². The van der Waals surface area contributed by atoms with E-state index in [1.54, 1.807) is 12.3 Å². The van der Waals surface area contributed by atoms with E-state index < -0.39 is 6.09 Å². The SMILES string of the molecule is COC(=O)Nc1cc(C)c(-c2nc(N3CCOCC3)c3cc(CN4CCN(C(=O)CNC(=O)C5=CCCC5)CC4)cn3n2)cn1. The average Bonchev–Trinajstić information content (AvgIpc) is 3.74. The van der Waals surface area contributed by atoms with E-state index in [1.165, 1.54) is 7.11 Å². The Balaban J connectivity index is 1.15. The Hall–Kier alpha value is -4.56. The van der Waals surface area contributed by atoms with Crippen molar-refractivity contribution in [2.75, 3.05) is 76.4 Å². The minimum atomic E-state index is -0.587. The van der Waals surface area contributed by atoms with Crippen molar-refractivity contribution in [1.82, 2.24) is 34.7 Å². The van der Waals surface area contributed by atoms with Crippen LogP contribution in [0.3, 0.4) is 0 Å². The number of aryl methyl sites for hydroxylation is 1. The van der Waals surface area contributed by atoms with Gasteiger partial charge in [-0.3, -0.25) is 19.8 Å². The second kappa shape index (κ2) is 13.6. The van der Waals surface area contributed by atoms with Gasteiger partial charge in [0.05, 0.1) is 26.9 Å². The Labute approximate surface area is 261 Å². The molecule has 5 heterocycles. The number of ether oxygens (including phenoxy) is 2. The van der Waals surface area contributed by atoms with Gasteiger partial charge in [0.1, 0.15) is 11.3 Å². The number of nitrogens with one attached hydrogen (secondary N) is 2. The Morgan fingerprint density at radius 2 is 1.87 bits per heavy atom. The number of nitrogens with zero attached hydrogens (tertiary/aromatic N) is 7. The number of rotatable bonds is 8. The Kier molecular flexibility index (Phi) is 9.21. The molecule has 2 fully saturated rings. The summed E-state index contributed by atoms with van der Waals surface area (Å²) in [6.45, 7) is 8.06. The smallest absolute Gasteiger partial charge is 0.412 e. The lowest BCUT2D eigenvalue weighted by atomic mass is 10.1. The molecule has 14 heteroatoms. The molecule has 1 aliphatic carbocycles. The Morgan fingerprint density at radius 3 is 2.58 bits per heavy atom. The number of piperazine rings is 1. The lowest BCUT2D eigenvalue weighted by molar-refractivity contribution is -0.133. The van der Waals surface area contributed by atoms with Gasteiger partial charge >= 0.3 is 6.09 Å². The number of hydrogen-bond donors (Lipinski definition) is 2. The second-order valence-electron chi connectivity index (χ2n) is 11.5. The van der Waals surface area contributed by atoms with Crippen LogP contribution < -0.4 is 15.5 Å². The summed E-state index contributed by atoms with van der Waals surface area (Å²) < 4.78 is 12.2. The van der Waals surface area contributed by atoms with E-state index in [0.29, 0.717) is 44.5 Å². The van der Waals surface area contributed by atoms with Gasteiger partial charge < -0.3 is 24.6 Å². The Bertz CT molecular complexity index is 1610. The van der Waals surface area contributed by atoms with Crippen molar-refractivity contribution in [3.8, 4) is 11.4 Å². The third-order valence-corrected chi connectivity index (χ3v) is 8.44. The molecule has 238 valence electrons. The number of fused-ring (bicyclic) bond motifs is 1. The molecule has 45 heavy (non-hydrogen) atoms. The van der Waals surface area contributed by atoms with E-state index in [-0.39, 0.29) is 18.4 Å². The summed E-state index contributed by atoms with van der Waals surface area (Å²) in [5.41, 5.74) is 4.42. The van der Waals surface area contributed by atoms with E-state index in [4.69, 9.17) is 14.8 Å². The summed E-state index contributed by atoms with van der Waals surface area (Å²) in [5.74, 6) is 1.57. The largest absolute Gasteiger partial charge is 0.453 e. The van der Waals surface area contributed by atoms with Gasteiger partial charge in [-0.05, 0) is 49.4 Å². The van der Waals surface area contributed by atoms with Crippen LogP contribution in [0.4, 0.5) is 16.4 Å². The molecule has 3 amide bonds. The third-order valence-electron chi connectivity index (χ3n) is 8.44. The highest BCUT2D eigenvalue weighted by Gasteiger charge is 2.24. The first-order chi connectivity index (χ1) is 21.9. The molecule has 0 aromatic carbocycles. The number of amides is 3. The van der Waals surface area contributed by atoms with Gasteiger partial charge in [0.25, 0.3) is 0 Å². The molecule has 0 unspecified atom stereocenters. The maximum absolute atomic E-state index is 12.8. The van der Waals surface area contributed by atoms with Crippen LogP contribution in [0.25, 0.3) is 16.9 Å². The quantitative estimate of drug-likeness (QED) is 0.385. The fourth-order valence-corrected chi connectivity index (χ4v) is 5.93. The van der Waals surface area contributed by atoms with Crippen molar-refractivity contribution in [2.45, 2.75) is 32.7 Å². The van der Waals surface area contributed by atoms with E-state index >= 15 is 0 Å². The summed E-state index contributed by atoms with van der Waals surface area (Å²) in [7, 11) is 1.30. The third kappa shape index (κ3) is 7.07. The van der Waals surface area contributed by atoms with Crippen LogP contribution in [-0.4, -0.2) is 113 Å². The standard InChI is InChI=1S/C31H39N9O5/c1-21-15-26(34-31(43)44-2)32-17-24(21)28-35-29(39-11-13-45-14-12-39)25-16-22(20-40(25)36-28)19-37-7-9-38(10-8-37)27(41)18-33-30(42)23-5-3-4-6-23/h5,15-17,20H,3-4,6-14,18-19H2,1-2H3,(H,33,42)(H,32,34,43). The van der Waals surface area contributed by atoms with E-state index in [1.807, 2.05) is 28.6 Å². The first-order valence-corrected chi connectivity index (χ1v) is 15.4. The molecule has 2 N–H and O–H groups in total. The van der Waals surface area contributed by atoms with E-state index in [0.717, 1.165) is 79.0 Å². The van der Waals surface area contributed by atoms with Crippen LogP contribution in [-0.2, 0) is 25.6 Å². The molecule has 2 aliphatic heterocycles. The normalized spacial score (nSPS) is 17.3. The summed E-state index contributed by atoms with van der Waals surface area (Å²) in [6.07, 6.45) is 7.79. The van der Waals surface area contributed by atoms with Crippen molar-refractivity contribution in [3.05, 3.63) is 47.3 Å². The zero-order valence-electron chi connectivity index (χ0n) is 25.8. The molecule has 14 nitrogen and oxygen atoms in total. The number of methoxy groups -OCH3 is 1. The molecule has 3 aliphatic rings. The molecule has 2 saturated heterocycles. The van der Waals surface area contributed by atoms with Crippen molar-refractivity contribution >= 4 is 35.1 Å². The second-order valence-corrected chi connectivity index (χ2v) is 11.5. The minimum Gasteiger partial charge on any atom is -0.453 e. The van der Waals surface area contributed by atoms with Gasteiger partial charge in [0, 0.05) is 69.3 Å². The molecular formula is C31H39N9O5. The molecule has 6 rings (SSSR count). The summed E-state index contributed by atoms with van der Waals surface area (Å²) >= 11 is 0. The van der Waals surface area contributed by atoms with E-state index in [2.05, 4.69) is 36.2 Å². The van der Waals surface area contributed by atoms with Gasteiger partial charge in [0.2, 0.25) is 11.8 Å². The fraction of sp³-hybridized carbons (Fsp3) is 0.484. The number of pyridine rings is 1. The van der Waals surface area contributed by atoms with Crippen molar-refractivity contribution in [3.63, 3.8) is 0 Å². The van der Waals surface area contributed by atoms with Crippen molar-refractivity contribution in [2.24, 2.45) is 0 Å². The van der Waals surface area contributed by atoms with E-state index in [9.17, 15) is 14.4 Å². The van der Waals surface area contributed by atoms with Crippen molar-refractivity contribution in [1.29, 1.82) is 0 Å². The summed E-state index contributed by atoms with van der Waals surface area (Å²) in [6, 6.07) is 3.90. The van der Waals surface area contributed by atoms with Gasteiger partial charge in [-0.2, -0.15) is 0 Å². The number of hydrogen-bond acceptors (Lipinski definition) is 10. The summed E-state index contributed by atoms with van der Waals surface area (Å²) in [4.78, 5) is 52.4. The number of allylic oxidation sites excluding steroid dienone is 1. The number of carbonyl (C=O) groups excluding carboxylic acids is 3. The lowest BCUT2D eigenvalue weighted by Crippen LogP contribution is -2.50. The molecule has 0 radical (unpaired) electrons. The molecule has 0 atom stereocenters. The van der Waals surface area contributed by atoms with Gasteiger partial charge in [-0.15, -0.1) is 5.10 Å². The zero-order valence-corrected chi connectivity index (χ0v) is 25.8. The average molecular weight is 618 g/mol. The highest BCUT2D eigenvalue weighted by atomic mass is 16.5. The molecule has 0 saturated carbocycles. The first-order valence-electron chi connectivity index (χ1n) is 15.4. The Morgan fingerprint density at radius 1 is 1.07 bits per heavy atom. The van der Waals surface area contributed by atoms with Crippen LogP contribution in [0.1, 0.15) is 30.4 Å². The predicted molar refractivity (Wildman–Crippen MR) is 167 cm³/mol. The van der Waals surface area contributed by atoms with Crippen LogP contribution in [0.15, 0.2) is 36.2 Å². The molecular weight excluding hydrogens is 578 g/mol. The van der Waals surface area contributed by atoms with Crippen LogP contribution in [0.2, 0.25) is 0 Å². The molecule has 0 bridgehead atoms. The maximum Gasteiger partial charge on any atom is 0.412 e. The van der Waals surface area contributed by atoms with Crippen molar-refractivity contribution < 1.29 is 23.9 Å². The molecule has 0 spiro atoms. The maximum atomic E-state index is 12.8. The molecule has 3 aromatic rings. The minimum absolute atomic E-state index is 0.0336. The number of anilines is 2. The molecule has 3 aromatic heterocycles. The topological polar surface area (TPSA) is 147 Å². The van der Waals surface area contributed by atoms with Crippen LogP contribution in [0.5, 0.6) is 0 Å². The number of aromatic nitrogens is 4. The van der Waals surface area contributed by atoms with Gasteiger partial charge in [-0.25, -0.2) is 19.3 Å². The van der Waals surface area contributed by atoms with Crippen LogP contribution in [0, 0.1) is 6.92 Å². The monoisotopic (exact) mass is 617 g/mol. The van der Waals surface area contributed by atoms with Gasteiger partial charge in [-0.1, -0.05) is 6.08 Å². The highest BCUT2D eigenvalue weighted by molar-refractivity contribution is 5.96. The number of carbonyl (C=O) groups is 3. The zero-order chi connectivity index (χ0) is 31.3. The van der Waals surface area contributed by atoms with Gasteiger partial charge in [0.15, 0.2) is 11.6 Å². The summed E-state index contributed by atoms with van der Waals surface area (Å²) in [5, 5.41) is 10.2. The first kappa shape index (κ1) is 30.5. The fourth-order valence-electron chi connectivity index (χ4n) is 5.93. The highest BCUT2D eigenvalue weighted by Crippen LogP contribution is 2.28. The number of morpholine rings is 1. The lowest BCUT2D eigenvalue weighted by Gasteiger charge is -2.34.